The van der Waals surface area contributed by atoms with Crippen molar-refractivity contribution in [3.05, 3.63) is 58.9 Å². The summed E-state index contributed by atoms with van der Waals surface area (Å²) >= 11 is 1.48. The van der Waals surface area contributed by atoms with E-state index in [4.69, 9.17) is 0 Å². The van der Waals surface area contributed by atoms with Gasteiger partial charge in [0.05, 0.1) is 16.6 Å². The number of carbonyl (C=O) groups excluding carboxylic acids is 1. The van der Waals surface area contributed by atoms with Gasteiger partial charge >= 0.3 is 0 Å². The molecule has 0 bridgehead atoms. The summed E-state index contributed by atoms with van der Waals surface area (Å²) in [6.07, 6.45) is 0.203. The molecular formula is C17H15FN2OS. The summed E-state index contributed by atoms with van der Waals surface area (Å²) in [6, 6.07) is 10.0. The number of hydrogen-bond donors (Lipinski definition) is 1. The van der Waals surface area contributed by atoms with Gasteiger partial charge in [0.25, 0.3) is 0 Å². The number of aryl methyl sites for hydroxylation is 2. The molecule has 0 atom stereocenters. The third-order valence-corrected chi connectivity index (χ3v) is 4.57. The lowest BCUT2D eigenvalue weighted by atomic mass is 10.1. The predicted octanol–water partition coefficient (Wildman–Crippen LogP) is 4.23. The maximum Gasteiger partial charge on any atom is 0.230 e. The molecule has 1 amide bonds. The lowest BCUT2D eigenvalue weighted by molar-refractivity contribution is -0.115. The third kappa shape index (κ3) is 2.99. The highest BCUT2D eigenvalue weighted by atomic mass is 32.1. The van der Waals surface area contributed by atoms with Gasteiger partial charge in [-0.1, -0.05) is 35.6 Å². The van der Waals surface area contributed by atoms with Crippen molar-refractivity contribution < 1.29 is 9.18 Å². The Bertz CT molecular complexity index is 801. The summed E-state index contributed by atoms with van der Waals surface area (Å²) in [5, 5.41) is 3.42. The van der Waals surface area contributed by atoms with Crippen molar-refractivity contribution in [1.82, 2.24) is 4.98 Å². The van der Waals surface area contributed by atoms with Crippen LogP contribution in [0.1, 0.15) is 16.7 Å². The van der Waals surface area contributed by atoms with Crippen molar-refractivity contribution in [3.8, 4) is 0 Å². The molecule has 3 rings (SSSR count). The van der Waals surface area contributed by atoms with E-state index in [0.29, 0.717) is 5.13 Å². The smallest absolute Gasteiger partial charge is 0.230 e. The molecule has 22 heavy (non-hydrogen) atoms. The standard InChI is InChI=1S/C17H15FN2OS/c1-10-3-4-11(2)16-15(10)20-17(22-16)19-14(21)9-12-5-7-13(18)8-6-12/h3-8H,9H2,1-2H3,(H,19,20,21). The zero-order chi connectivity index (χ0) is 15.7. The number of anilines is 1. The Hall–Kier alpha value is -2.27. The highest BCUT2D eigenvalue weighted by Crippen LogP contribution is 2.30. The van der Waals surface area contributed by atoms with Crippen LogP contribution in [-0.4, -0.2) is 10.9 Å². The maximum atomic E-state index is 12.9. The lowest BCUT2D eigenvalue weighted by Crippen LogP contribution is -2.14. The molecule has 2 aromatic carbocycles. The van der Waals surface area contributed by atoms with Crippen LogP contribution in [0.3, 0.4) is 0 Å². The molecule has 0 saturated carbocycles. The second kappa shape index (κ2) is 5.85. The van der Waals surface area contributed by atoms with Gasteiger partial charge in [-0.05, 0) is 42.7 Å². The Morgan fingerprint density at radius 1 is 1.14 bits per heavy atom. The van der Waals surface area contributed by atoms with E-state index in [9.17, 15) is 9.18 Å². The number of carbonyl (C=O) groups is 1. The Morgan fingerprint density at radius 2 is 1.82 bits per heavy atom. The van der Waals surface area contributed by atoms with Crippen LogP contribution in [0.5, 0.6) is 0 Å². The summed E-state index contributed by atoms with van der Waals surface area (Å²) in [5.41, 5.74) is 3.95. The van der Waals surface area contributed by atoms with Gasteiger partial charge in [0.1, 0.15) is 5.82 Å². The van der Waals surface area contributed by atoms with Gasteiger partial charge in [-0.2, -0.15) is 0 Å². The zero-order valence-corrected chi connectivity index (χ0v) is 13.1. The summed E-state index contributed by atoms with van der Waals surface area (Å²) in [6.45, 7) is 4.04. The summed E-state index contributed by atoms with van der Waals surface area (Å²) in [5.74, 6) is -0.456. The SMILES string of the molecule is Cc1ccc(C)c2sc(NC(=O)Cc3ccc(F)cc3)nc12. The maximum absolute atomic E-state index is 12.9. The summed E-state index contributed by atoms with van der Waals surface area (Å²) in [4.78, 5) is 16.6. The Labute approximate surface area is 131 Å². The van der Waals surface area contributed by atoms with Crippen LogP contribution in [0.4, 0.5) is 9.52 Å². The van der Waals surface area contributed by atoms with Crippen molar-refractivity contribution in [2.45, 2.75) is 20.3 Å². The highest BCUT2D eigenvalue weighted by Gasteiger charge is 2.11. The average molecular weight is 314 g/mol. The molecule has 0 radical (unpaired) electrons. The molecule has 3 aromatic rings. The summed E-state index contributed by atoms with van der Waals surface area (Å²) in [7, 11) is 0. The minimum absolute atomic E-state index is 0.152. The van der Waals surface area contributed by atoms with E-state index in [1.165, 1.54) is 23.5 Å². The van der Waals surface area contributed by atoms with Gasteiger partial charge in [-0.25, -0.2) is 9.37 Å². The molecule has 112 valence electrons. The van der Waals surface area contributed by atoms with Crippen LogP contribution < -0.4 is 5.32 Å². The second-order valence-electron chi connectivity index (χ2n) is 5.25. The first-order valence-corrected chi connectivity index (χ1v) is 7.75. The Balaban J connectivity index is 1.78. The first-order chi connectivity index (χ1) is 10.5. The molecule has 5 heteroatoms. The number of fused-ring (bicyclic) bond motifs is 1. The normalized spacial score (nSPS) is 10.9. The molecule has 0 fully saturated rings. The number of halogens is 1. The van der Waals surface area contributed by atoms with E-state index >= 15 is 0 Å². The fourth-order valence-corrected chi connectivity index (χ4v) is 3.29. The van der Waals surface area contributed by atoms with Crippen molar-refractivity contribution in [1.29, 1.82) is 0 Å². The lowest BCUT2D eigenvalue weighted by Gasteiger charge is -2.01. The molecule has 0 aliphatic carbocycles. The van der Waals surface area contributed by atoms with E-state index < -0.39 is 0 Å². The van der Waals surface area contributed by atoms with Crippen LogP contribution in [0, 0.1) is 19.7 Å². The van der Waals surface area contributed by atoms with E-state index in [0.717, 1.165) is 26.9 Å². The Kier molecular flexibility index (Phi) is 3.90. The molecule has 0 unspecified atom stereocenters. The van der Waals surface area contributed by atoms with Crippen molar-refractivity contribution in [2.75, 3.05) is 5.32 Å². The zero-order valence-electron chi connectivity index (χ0n) is 12.3. The fraction of sp³-hybridized carbons (Fsp3) is 0.176. The van der Waals surface area contributed by atoms with E-state index in [-0.39, 0.29) is 18.1 Å². The second-order valence-corrected chi connectivity index (χ2v) is 6.25. The molecule has 0 spiro atoms. The van der Waals surface area contributed by atoms with Gasteiger partial charge in [0.15, 0.2) is 5.13 Å². The van der Waals surface area contributed by atoms with E-state index in [1.54, 1.807) is 12.1 Å². The molecule has 0 saturated heterocycles. The van der Waals surface area contributed by atoms with E-state index in [2.05, 4.69) is 16.4 Å². The topological polar surface area (TPSA) is 42.0 Å². The van der Waals surface area contributed by atoms with Gasteiger partial charge in [-0.15, -0.1) is 0 Å². The van der Waals surface area contributed by atoms with Gasteiger partial charge < -0.3 is 5.32 Å². The van der Waals surface area contributed by atoms with Gasteiger partial charge in [0, 0.05) is 0 Å². The van der Waals surface area contributed by atoms with Crippen molar-refractivity contribution in [2.24, 2.45) is 0 Å². The average Bonchev–Trinajstić information content (AvgIpc) is 2.90. The number of thiazole rings is 1. The van der Waals surface area contributed by atoms with Crippen LogP contribution in [0.2, 0.25) is 0 Å². The number of aromatic nitrogens is 1. The molecule has 0 aliphatic heterocycles. The molecular weight excluding hydrogens is 299 g/mol. The minimum Gasteiger partial charge on any atom is -0.302 e. The minimum atomic E-state index is -0.304. The van der Waals surface area contributed by atoms with E-state index in [1.807, 2.05) is 19.9 Å². The molecule has 1 aromatic heterocycles. The number of hydrogen-bond acceptors (Lipinski definition) is 3. The van der Waals surface area contributed by atoms with Gasteiger partial charge in [-0.3, -0.25) is 4.79 Å². The molecule has 1 heterocycles. The van der Waals surface area contributed by atoms with Crippen LogP contribution in [0.25, 0.3) is 10.2 Å². The molecule has 3 nitrogen and oxygen atoms in total. The van der Waals surface area contributed by atoms with Crippen molar-refractivity contribution >= 4 is 32.6 Å². The molecule has 1 N–H and O–H groups in total. The van der Waals surface area contributed by atoms with Crippen molar-refractivity contribution in [3.63, 3.8) is 0 Å². The highest BCUT2D eigenvalue weighted by molar-refractivity contribution is 7.22. The molecule has 0 aliphatic rings. The van der Waals surface area contributed by atoms with Gasteiger partial charge in [0.2, 0.25) is 5.91 Å². The van der Waals surface area contributed by atoms with Crippen LogP contribution in [0.15, 0.2) is 36.4 Å². The number of rotatable bonds is 3. The monoisotopic (exact) mass is 314 g/mol. The first kappa shape index (κ1) is 14.7. The Morgan fingerprint density at radius 3 is 2.50 bits per heavy atom. The predicted molar refractivity (Wildman–Crippen MR) is 87.8 cm³/mol. The third-order valence-electron chi connectivity index (χ3n) is 3.47. The first-order valence-electron chi connectivity index (χ1n) is 6.94. The number of amides is 1. The largest absolute Gasteiger partial charge is 0.302 e. The summed E-state index contributed by atoms with van der Waals surface area (Å²) < 4.78 is 14.0. The van der Waals surface area contributed by atoms with Crippen LogP contribution in [-0.2, 0) is 11.2 Å². The quantitative estimate of drug-likeness (QED) is 0.786. The number of nitrogens with one attached hydrogen (secondary N) is 1. The van der Waals surface area contributed by atoms with Crippen LogP contribution >= 0.6 is 11.3 Å². The fourth-order valence-electron chi connectivity index (χ4n) is 2.26. The number of benzene rings is 2. The number of nitrogens with zero attached hydrogens (tertiary/aromatic N) is 1.